The highest BCUT2D eigenvalue weighted by atomic mass is 32.1. The van der Waals surface area contributed by atoms with Crippen molar-refractivity contribution in [2.75, 3.05) is 13.7 Å². The van der Waals surface area contributed by atoms with E-state index in [1.807, 2.05) is 22.9 Å². The van der Waals surface area contributed by atoms with Crippen molar-refractivity contribution in [1.82, 2.24) is 10.0 Å². The lowest BCUT2D eigenvalue weighted by Gasteiger charge is -2.47. The number of nitrogens with zero attached hydrogens (tertiary/aromatic N) is 5. The maximum Gasteiger partial charge on any atom is 0.339 e. The highest BCUT2D eigenvalue weighted by molar-refractivity contribution is 7.18. The molecule has 3 fully saturated rings. The van der Waals surface area contributed by atoms with Gasteiger partial charge in [0.15, 0.2) is 0 Å². The van der Waals surface area contributed by atoms with Crippen molar-refractivity contribution in [2.45, 2.75) is 76.2 Å². The average Bonchev–Trinajstić information content (AvgIpc) is 4.14. The van der Waals surface area contributed by atoms with Crippen LogP contribution in [0.5, 0.6) is 0 Å². The van der Waals surface area contributed by atoms with Crippen LogP contribution < -0.4 is 11.5 Å². The number of hydrogen-bond acceptors (Lipinski definition) is 15. The number of carbonyl (C=O) groups excluding carboxylic acids is 3. The van der Waals surface area contributed by atoms with Crippen LogP contribution in [0.15, 0.2) is 92.5 Å². The molecule has 2 aromatic heterocycles. The standard InChI is InChI=1S/C46H41N7O6S2/c1-23-34(44(54)57-2)36(33-22-61-41-27(18-48)8-6-12-30(33)41)38(46(56)59-28-9-3-4-10-28)43(51)52(23)53-39(25-15-16-25)37(45(55)58-20-24-13-14-24)35(31(19-49)42(53)50)32-21-60-40-26(17-47)7-5-11-29(32)40/h5-8,11-12,21-22,24-25,28,35-36H,3-4,9-10,13-16,20,50-51H2,1-2H3. The molecule has 0 bridgehead atoms. The fraction of sp³-hybridized carbons (Fsp3) is 0.348. The minimum atomic E-state index is -1.10. The summed E-state index contributed by atoms with van der Waals surface area (Å²) in [6.07, 6.45) is 5.95. The van der Waals surface area contributed by atoms with E-state index in [9.17, 15) is 30.2 Å². The number of methoxy groups -OCH3 is 1. The van der Waals surface area contributed by atoms with Gasteiger partial charge in [0.05, 0.1) is 85.8 Å². The van der Waals surface area contributed by atoms with Gasteiger partial charge in [0.1, 0.15) is 29.9 Å². The van der Waals surface area contributed by atoms with E-state index in [4.69, 9.17) is 25.7 Å². The highest BCUT2D eigenvalue weighted by Crippen LogP contribution is 2.54. The zero-order valence-electron chi connectivity index (χ0n) is 33.5. The van der Waals surface area contributed by atoms with Crippen molar-refractivity contribution < 1.29 is 28.6 Å². The fourth-order valence-corrected chi connectivity index (χ4v) is 11.2. The number of nitrogens with two attached hydrogens (primary N) is 2. The second-order valence-electron chi connectivity index (χ2n) is 16.1. The maximum atomic E-state index is 14.8. The second kappa shape index (κ2) is 15.8. The Kier molecular flexibility index (Phi) is 10.3. The van der Waals surface area contributed by atoms with Gasteiger partial charge in [-0.05, 0) is 109 Å². The summed E-state index contributed by atoms with van der Waals surface area (Å²) in [6.45, 7) is 1.87. The number of fused-ring (bicyclic) bond motifs is 2. The van der Waals surface area contributed by atoms with E-state index in [2.05, 4.69) is 18.2 Å². The van der Waals surface area contributed by atoms with Gasteiger partial charge in [0, 0.05) is 5.92 Å². The largest absolute Gasteiger partial charge is 0.466 e. The van der Waals surface area contributed by atoms with Gasteiger partial charge in [-0.15, -0.1) is 22.7 Å². The Labute approximate surface area is 359 Å². The second-order valence-corrected chi connectivity index (χ2v) is 17.8. The van der Waals surface area contributed by atoms with Crippen molar-refractivity contribution in [2.24, 2.45) is 23.3 Å². The molecule has 4 heterocycles. The van der Waals surface area contributed by atoms with E-state index >= 15 is 0 Å². The Morgan fingerprint density at radius 2 is 1.34 bits per heavy atom. The van der Waals surface area contributed by atoms with Crippen LogP contribution in [0, 0.1) is 45.8 Å². The molecule has 4 aromatic rings. The van der Waals surface area contributed by atoms with Gasteiger partial charge in [-0.2, -0.15) is 15.8 Å². The minimum Gasteiger partial charge on any atom is -0.466 e. The van der Waals surface area contributed by atoms with Gasteiger partial charge in [-0.1, -0.05) is 24.3 Å². The summed E-state index contributed by atoms with van der Waals surface area (Å²) < 4.78 is 19.1. The molecule has 2 aromatic carbocycles. The molecule has 61 heavy (non-hydrogen) atoms. The highest BCUT2D eigenvalue weighted by Gasteiger charge is 2.51. The molecule has 2 unspecified atom stereocenters. The first-order valence-electron chi connectivity index (χ1n) is 20.3. The number of carbonyl (C=O) groups is 3. The van der Waals surface area contributed by atoms with Crippen molar-refractivity contribution in [1.29, 1.82) is 15.8 Å². The van der Waals surface area contributed by atoms with E-state index in [1.54, 1.807) is 31.2 Å². The molecular formula is C46H41N7O6S2. The monoisotopic (exact) mass is 851 g/mol. The molecule has 0 amide bonds. The van der Waals surface area contributed by atoms with Crippen LogP contribution in [-0.4, -0.2) is 47.7 Å². The van der Waals surface area contributed by atoms with Gasteiger partial charge >= 0.3 is 17.9 Å². The summed E-state index contributed by atoms with van der Waals surface area (Å²) >= 11 is 2.66. The third kappa shape index (κ3) is 6.67. The molecule has 4 N–H and O–H groups in total. The van der Waals surface area contributed by atoms with Crippen molar-refractivity contribution in [3.05, 3.63) is 115 Å². The lowest BCUT2D eigenvalue weighted by atomic mass is 9.79. The van der Waals surface area contributed by atoms with Gasteiger partial charge in [-0.25, -0.2) is 24.4 Å². The Bertz CT molecular complexity index is 2810. The predicted molar refractivity (Wildman–Crippen MR) is 227 cm³/mol. The summed E-state index contributed by atoms with van der Waals surface area (Å²) in [5.74, 6) is -4.36. The molecule has 3 saturated carbocycles. The van der Waals surface area contributed by atoms with E-state index in [1.165, 1.54) is 39.8 Å². The van der Waals surface area contributed by atoms with E-state index in [0.717, 1.165) is 25.7 Å². The number of allylic oxidation sites excluding steroid dienone is 3. The molecule has 9 rings (SSSR count). The Morgan fingerprint density at radius 3 is 1.89 bits per heavy atom. The number of benzene rings is 2. The van der Waals surface area contributed by atoms with Crippen LogP contribution in [0.4, 0.5) is 0 Å². The zero-order chi connectivity index (χ0) is 42.7. The van der Waals surface area contributed by atoms with Crippen LogP contribution in [0.25, 0.3) is 20.2 Å². The molecule has 3 aliphatic carbocycles. The number of ether oxygens (including phenoxy) is 3. The van der Waals surface area contributed by atoms with Crippen molar-refractivity contribution in [3.8, 4) is 18.2 Å². The smallest absolute Gasteiger partial charge is 0.339 e. The Balaban J connectivity index is 1.30. The molecule has 13 nitrogen and oxygen atoms in total. The zero-order valence-corrected chi connectivity index (χ0v) is 35.2. The number of rotatable bonds is 10. The Hall–Kier alpha value is -6.60. The molecule has 15 heteroatoms. The first kappa shape index (κ1) is 39.8. The quantitative estimate of drug-likeness (QED) is 0.116. The van der Waals surface area contributed by atoms with Gasteiger partial charge in [-0.3, -0.25) is 0 Å². The van der Waals surface area contributed by atoms with Crippen molar-refractivity contribution >= 4 is 60.8 Å². The SMILES string of the molecule is COC(=O)C1=C(C)N(N2C(N)=C(C#N)C(c3csc4c(C#N)cccc34)C(C(=O)OCC3CC3)=C2C2CC2)C(N)=C(C(=O)OC2CCCC2)C1c1csc2c(C#N)cccc12. The van der Waals surface area contributed by atoms with Gasteiger partial charge < -0.3 is 25.7 Å². The minimum absolute atomic E-state index is 0.0233. The van der Waals surface area contributed by atoms with Crippen LogP contribution in [0.2, 0.25) is 0 Å². The molecule has 0 radical (unpaired) electrons. The van der Waals surface area contributed by atoms with E-state index in [0.29, 0.717) is 73.8 Å². The summed E-state index contributed by atoms with van der Waals surface area (Å²) in [5.41, 5.74) is 17.5. The predicted octanol–water partition coefficient (Wildman–Crippen LogP) is 7.69. The normalized spacial score (nSPS) is 20.9. The lowest BCUT2D eigenvalue weighted by molar-refractivity contribution is -0.145. The van der Waals surface area contributed by atoms with E-state index < -0.39 is 29.7 Å². The Morgan fingerprint density at radius 1 is 0.738 bits per heavy atom. The molecule has 2 aliphatic heterocycles. The summed E-state index contributed by atoms with van der Waals surface area (Å²) in [4.78, 5) is 44.0. The molecular weight excluding hydrogens is 811 g/mol. The van der Waals surface area contributed by atoms with Crippen molar-refractivity contribution in [3.63, 3.8) is 0 Å². The fourth-order valence-electron chi connectivity index (χ4n) is 9.05. The number of hydrazine groups is 1. The molecule has 308 valence electrons. The van der Waals surface area contributed by atoms with Crippen LogP contribution >= 0.6 is 22.7 Å². The molecule has 5 aliphatic rings. The summed E-state index contributed by atoms with van der Waals surface area (Å²) in [5, 5.41) is 39.1. The molecule has 2 atom stereocenters. The van der Waals surface area contributed by atoms with E-state index in [-0.39, 0.29) is 64.2 Å². The first-order valence-corrected chi connectivity index (χ1v) is 22.1. The van der Waals surface area contributed by atoms with Gasteiger partial charge in [0.25, 0.3) is 0 Å². The van der Waals surface area contributed by atoms with Crippen LogP contribution in [-0.2, 0) is 28.6 Å². The van der Waals surface area contributed by atoms with Gasteiger partial charge in [0.2, 0.25) is 0 Å². The summed E-state index contributed by atoms with van der Waals surface area (Å²) in [7, 11) is 1.25. The van der Waals surface area contributed by atoms with Crippen LogP contribution in [0.1, 0.15) is 92.4 Å². The first-order chi connectivity index (χ1) is 29.6. The number of esters is 3. The topological polar surface area (TPSA) is 209 Å². The number of hydrogen-bond donors (Lipinski definition) is 2. The summed E-state index contributed by atoms with van der Waals surface area (Å²) in [6, 6.07) is 17.4. The lowest BCUT2D eigenvalue weighted by Crippen LogP contribution is -2.52. The average molecular weight is 852 g/mol. The third-order valence-electron chi connectivity index (χ3n) is 12.3. The number of nitriles is 3. The number of thiophene rings is 2. The maximum absolute atomic E-state index is 14.8. The van der Waals surface area contributed by atoms with Crippen LogP contribution in [0.3, 0.4) is 0 Å². The molecule has 0 saturated heterocycles. The third-order valence-corrected chi connectivity index (χ3v) is 14.4. The molecule has 0 spiro atoms.